The average molecular weight is 254 g/mol. The maximum atomic E-state index is 12.7. The molecule has 1 atom stereocenters. The SMILES string of the molecule is COCCN1C(=O)C2(CCCC2)NC(=O)CC1C. The van der Waals surface area contributed by atoms with E-state index < -0.39 is 5.54 Å². The first-order valence-corrected chi connectivity index (χ1v) is 6.70. The predicted molar refractivity (Wildman–Crippen MR) is 67.0 cm³/mol. The summed E-state index contributed by atoms with van der Waals surface area (Å²) in [5, 5.41) is 2.97. The van der Waals surface area contributed by atoms with Crippen molar-refractivity contribution in [3.63, 3.8) is 0 Å². The Kier molecular flexibility index (Phi) is 3.90. The third-order valence-corrected chi connectivity index (χ3v) is 4.06. The van der Waals surface area contributed by atoms with E-state index in [1.54, 1.807) is 7.11 Å². The smallest absolute Gasteiger partial charge is 0.248 e. The van der Waals surface area contributed by atoms with Crippen molar-refractivity contribution >= 4 is 11.8 Å². The molecule has 1 unspecified atom stereocenters. The summed E-state index contributed by atoms with van der Waals surface area (Å²) in [5.41, 5.74) is -0.629. The molecule has 5 nitrogen and oxygen atoms in total. The third kappa shape index (κ3) is 2.36. The Hall–Kier alpha value is -1.10. The fourth-order valence-electron chi connectivity index (χ4n) is 3.05. The van der Waals surface area contributed by atoms with Crippen LogP contribution >= 0.6 is 0 Å². The monoisotopic (exact) mass is 254 g/mol. The van der Waals surface area contributed by atoms with Gasteiger partial charge in [0.15, 0.2) is 0 Å². The number of ether oxygens (including phenoxy) is 1. The van der Waals surface area contributed by atoms with Crippen molar-refractivity contribution in [2.45, 2.75) is 50.6 Å². The zero-order chi connectivity index (χ0) is 13.2. The number of nitrogens with one attached hydrogen (secondary N) is 1. The Morgan fingerprint density at radius 2 is 2.06 bits per heavy atom. The molecule has 1 saturated heterocycles. The lowest BCUT2D eigenvalue weighted by atomic mass is 9.95. The van der Waals surface area contributed by atoms with Crippen molar-refractivity contribution in [3.8, 4) is 0 Å². The van der Waals surface area contributed by atoms with Gasteiger partial charge in [-0.3, -0.25) is 9.59 Å². The average Bonchev–Trinajstić information content (AvgIpc) is 2.75. The number of methoxy groups -OCH3 is 1. The summed E-state index contributed by atoms with van der Waals surface area (Å²) in [6, 6.07) is -0.0485. The van der Waals surface area contributed by atoms with E-state index in [0.717, 1.165) is 25.7 Å². The van der Waals surface area contributed by atoms with Gasteiger partial charge in [-0.05, 0) is 19.8 Å². The summed E-state index contributed by atoms with van der Waals surface area (Å²) in [6.45, 7) is 3.01. The zero-order valence-electron chi connectivity index (χ0n) is 11.2. The molecule has 1 spiro atoms. The number of hydrogen-bond donors (Lipinski definition) is 1. The number of carbonyl (C=O) groups excluding carboxylic acids is 2. The Morgan fingerprint density at radius 1 is 1.39 bits per heavy atom. The lowest BCUT2D eigenvalue weighted by Crippen LogP contribution is -2.56. The van der Waals surface area contributed by atoms with Crippen molar-refractivity contribution < 1.29 is 14.3 Å². The molecular weight excluding hydrogens is 232 g/mol. The molecule has 1 saturated carbocycles. The number of rotatable bonds is 3. The van der Waals surface area contributed by atoms with Crippen molar-refractivity contribution in [2.24, 2.45) is 0 Å². The van der Waals surface area contributed by atoms with Gasteiger partial charge in [-0.1, -0.05) is 12.8 Å². The van der Waals surface area contributed by atoms with Crippen molar-refractivity contribution in [1.29, 1.82) is 0 Å². The van der Waals surface area contributed by atoms with E-state index in [1.165, 1.54) is 0 Å². The maximum absolute atomic E-state index is 12.7. The molecule has 5 heteroatoms. The van der Waals surface area contributed by atoms with Crippen LogP contribution in [0.1, 0.15) is 39.0 Å². The standard InChI is InChI=1S/C13H22N2O3/c1-10-9-11(16)14-13(5-3-4-6-13)12(17)15(10)7-8-18-2/h10H,3-9H2,1-2H3,(H,14,16). The molecule has 0 bridgehead atoms. The highest BCUT2D eigenvalue weighted by Gasteiger charge is 2.47. The number of hydrogen-bond acceptors (Lipinski definition) is 3. The fraction of sp³-hybridized carbons (Fsp3) is 0.846. The van der Waals surface area contributed by atoms with E-state index in [9.17, 15) is 9.59 Å². The lowest BCUT2D eigenvalue weighted by molar-refractivity contribution is -0.140. The lowest BCUT2D eigenvalue weighted by Gasteiger charge is -2.33. The van der Waals surface area contributed by atoms with Crippen LogP contribution in [0.25, 0.3) is 0 Å². The van der Waals surface area contributed by atoms with E-state index >= 15 is 0 Å². The van der Waals surface area contributed by atoms with Crippen molar-refractivity contribution in [2.75, 3.05) is 20.3 Å². The maximum Gasteiger partial charge on any atom is 0.248 e. The van der Waals surface area contributed by atoms with Crippen LogP contribution in [0.4, 0.5) is 0 Å². The van der Waals surface area contributed by atoms with Gasteiger partial charge in [-0.25, -0.2) is 0 Å². The summed E-state index contributed by atoms with van der Waals surface area (Å²) in [6.07, 6.45) is 3.95. The summed E-state index contributed by atoms with van der Waals surface area (Å²) < 4.78 is 5.06. The molecule has 0 aromatic rings. The largest absolute Gasteiger partial charge is 0.383 e. The van der Waals surface area contributed by atoms with Gasteiger partial charge in [-0.15, -0.1) is 0 Å². The van der Waals surface area contributed by atoms with Crippen LogP contribution in [0, 0.1) is 0 Å². The van der Waals surface area contributed by atoms with Crippen LogP contribution in [0.3, 0.4) is 0 Å². The van der Waals surface area contributed by atoms with Crippen LogP contribution in [0.2, 0.25) is 0 Å². The molecule has 1 heterocycles. The molecule has 0 radical (unpaired) electrons. The number of nitrogens with zero attached hydrogens (tertiary/aromatic N) is 1. The fourth-order valence-corrected chi connectivity index (χ4v) is 3.05. The van der Waals surface area contributed by atoms with E-state index in [4.69, 9.17) is 4.74 Å². The van der Waals surface area contributed by atoms with Crippen LogP contribution in [0.5, 0.6) is 0 Å². The number of carbonyl (C=O) groups is 2. The minimum atomic E-state index is -0.629. The molecule has 0 aromatic carbocycles. The quantitative estimate of drug-likeness (QED) is 0.806. The van der Waals surface area contributed by atoms with Gasteiger partial charge in [0.1, 0.15) is 5.54 Å². The van der Waals surface area contributed by atoms with E-state index in [0.29, 0.717) is 19.6 Å². The Balaban J connectivity index is 2.22. The molecule has 1 aliphatic heterocycles. The molecule has 18 heavy (non-hydrogen) atoms. The zero-order valence-corrected chi connectivity index (χ0v) is 11.2. The molecule has 2 aliphatic rings. The first kappa shape index (κ1) is 13.3. The summed E-state index contributed by atoms with van der Waals surface area (Å²) in [5.74, 6) is 0.0769. The molecular formula is C13H22N2O3. The predicted octanol–water partition coefficient (Wildman–Crippen LogP) is 0.683. The molecule has 2 rings (SSSR count). The second-order valence-corrected chi connectivity index (χ2v) is 5.38. The first-order chi connectivity index (χ1) is 8.59. The normalized spacial score (nSPS) is 27.4. The summed E-state index contributed by atoms with van der Waals surface area (Å²) >= 11 is 0. The topological polar surface area (TPSA) is 58.6 Å². The summed E-state index contributed by atoms with van der Waals surface area (Å²) in [7, 11) is 1.63. The van der Waals surface area contributed by atoms with Crippen LogP contribution in [-0.2, 0) is 14.3 Å². The second-order valence-electron chi connectivity index (χ2n) is 5.38. The van der Waals surface area contributed by atoms with Gasteiger partial charge < -0.3 is 15.0 Å². The van der Waals surface area contributed by atoms with Crippen LogP contribution in [-0.4, -0.2) is 48.6 Å². The van der Waals surface area contributed by atoms with Crippen LogP contribution in [0.15, 0.2) is 0 Å². The Labute approximate surface area is 108 Å². The molecule has 102 valence electrons. The first-order valence-electron chi connectivity index (χ1n) is 6.70. The van der Waals surface area contributed by atoms with E-state index in [1.807, 2.05) is 11.8 Å². The molecule has 0 aromatic heterocycles. The van der Waals surface area contributed by atoms with Crippen molar-refractivity contribution in [1.82, 2.24) is 10.2 Å². The van der Waals surface area contributed by atoms with Gasteiger partial charge in [0.25, 0.3) is 0 Å². The highest BCUT2D eigenvalue weighted by molar-refractivity contribution is 5.94. The highest BCUT2D eigenvalue weighted by Crippen LogP contribution is 2.33. The minimum absolute atomic E-state index is 0.00216. The Bertz CT molecular complexity index is 337. The molecule has 1 aliphatic carbocycles. The van der Waals surface area contributed by atoms with Gasteiger partial charge in [0.05, 0.1) is 6.61 Å². The van der Waals surface area contributed by atoms with Crippen molar-refractivity contribution in [3.05, 3.63) is 0 Å². The van der Waals surface area contributed by atoms with Crippen LogP contribution < -0.4 is 5.32 Å². The third-order valence-electron chi connectivity index (χ3n) is 4.06. The number of amides is 2. The second kappa shape index (κ2) is 5.26. The minimum Gasteiger partial charge on any atom is -0.383 e. The molecule has 2 fully saturated rings. The van der Waals surface area contributed by atoms with Gasteiger partial charge in [0, 0.05) is 26.1 Å². The van der Waals surface area contributed by atoms with Gasteiger partial charge in [0.2, 0.25) is 11.8 Å². The molecule has 2 amide bonds. The highest BCUT2D eigenvalue weighted by atomic mass is 16.5. The van der Waals surface area contributed by atoms with E-state index in [-0.39, 0.29) is 17.9 Å². The van der Waals surface area contributed by atoms with E-state index in [2.05, 4.69) is 5.32 Å². The van der Waals surface area contributed by atoms with Gasteiger partial charge in [-0.2, -0.15) is 0 Å². The Morgan fingerprint density at radius 3 is 2.67 bits per heavy atom. The van der Waals surface area contributed by atoms with Gasteiger partial charge >= 0.3 is 0 Å². The summed E-state index contributed by atoms with van der Waals surface area (Å²) in [4.78, 5) is 26.4. The molecule has 1 N–H and O–H groups in total.